The van der Waals surface area contributed by atoms with Gasteiger partial charge in [-0.2, -0.15) is 0 Å². The van der Waals surface area contributed by atoms with Crippen molar-refractivity contribution in [1.82, 2.24) is 0 Å². The number of halogens is 3. The molecule has 3 nitrogen and oxygen atoms in total. The van der Waals surface area contributed by atoms with Crippen LogP contribution >= 0.6 is 31.9 Å². The van der Waals surface area contributed by atoms with E-state index in [2.05, 4.69) is 31.9 Å². The minimum atomic E-state index is -0.662. The summed E-state index contributed by atoms with van der Waals surface area (Å²) in [5.74, 6) is -0.964. The van der Waals surface area contributed by atoms with Crippen LogP contribution in [0.15, 0.2) is 16.6 Å². The van der Waals surface area contributed by atoms with Crippen LogP contribution in [0.2, 0.25) is 0 Å². The molecule has 1 unspecified atom stereocenters. The minimum Gasteiger partial charge on any atom is -0.465 e. The molecule has 1 aromatic rings. The zero-order chi connectivity index (χ0) is 12.3. The van der Waals surface area contributed by atoms with E-state index in [4.69, 9.17) is 10.5 Å². The molecule has 0 aromatic heterocycles. The van der Waals surface area contributed by atoms with Gasteiger partial charge in [0.1, 0.15) is 10.6 Å². The zero-order valence-corrected chi connectivity index (χ0v) is 11.6. The second-order valence-electron chi connectivity index (χ2n) is 2.98. The van der Waals surface area contributed by atoms with Crippen molar-refractivity contribution < 1.29 is 13.9 Å². The van der Waals surface area contributed by atoms with Gasteiger partial charge in [-0.1, -0.05) is 22.0 Å². The van der Waals surface area contributed by atoms with Gasteiger partial charge in [0.25, 0.3) is 0 Å². The highest BCUT2D eigenvalue weighted by molar-refractivity contribution is 9.11. The highest BCUT2D eigenvalue weighted by Gasteiger charge is 2.22. The Morgan fingerprint density at radius 1 is 1.62 bits per heavy atom. The number of hydrogen-bond donors (Lipinski definition) is 1. The highest BCUT2D eigenvalue weighted by atomic mass is 79.9. The molecular formula is C10H10Br2FNO2. The van der Waals surface area contributed by atoms with E-state index < -0.39 is 16.6 Å². The van der Waals surface area contributed by atoms with Gasteiger partial charge in [0, 0.05) is 4.47 Å². The molecule has 2 N–H and O–H groups in total. The highest BCUT2D eigenvalue weighted by Crippen LogP contribution is 2.35. The van der Waals surface area contributed by atoms with Crippen LogP contribution < -0.4 is 5.73 Å². The maximum Gasteiger partial charge on any atom is 0.324 e. The van der Waals surface area contributed by atoms with Crippen molar-refractivity contribution in [1.29, 1.82) is 0 Å². The SMILES string of the molecule is CCOC(=O)C(Br)c1ccc(F)c(N)c1Br. The lowest BCUT2D eigenvalue weighted by Crippen LogP contribution is -2.12. The van der Waals surface area contributed by atoms with Gasteiger partial charge in [0.05, 0.1) is 12.3 Å². The van der Waals surface area contributed by atoms with Crippen LogP contribution in [0.25, 0.3) is 0 Å². The van der Waals surface area contributed by atoms with Gasteiger partial charge in [-0.05, 0) is 34.5 Å². The molecule has 1 aromatic carbocycles. The zero-order valence-electron chi connectivity index (χ0n) is 8.47. The molecule has 0 aliphatic rings. The van der Waals surface area contributed by atoms with Gasteiger partial charge in [-0.25, -0.2) is 4.39 Å². The fraction of sp³-hybridized carbons (Fsp3) is 0.300. The molecule has 1 atom stereocenters. The number of alkyl halides is 1. The standard InChI is InChI=1S/C10H10Br2FNO2/c1-2-16-10(15)8(12)5-3-4-6(13)9(14)7(5)11/h3-4,8H,2,14H2,1H3. The number of hydrogen-bond acceptors (Lipinski definition) is 3. The molecule has 6 heteroatoms. The Balaban J connectivity index is 3.05. The molecule has 0 spiro atoms. The Bertz CT molecular complexity index is 412. The van der Waals surface area contributed by atoms with E-state index in [1.165, 1.54) is 12.1 Å². The molecule has 0 aliphatic heterocycles. The van der Waals surface area contributed by atoms with Crippen molar-refractivity contribution in [3.8, 4) is 0 Å². The topological polar surface area (TPSA) is 52.3 Å². The van der Waals surface area contributed by atoms with Crippen LogP contribution in [-0.4, -0.2) is 12.6 Å². The van der Waals surface area contributed by atoms with Crippen molar-refractivity contribution in [2.24, 2.45) is 0 Å². The molecule has 0 fully saturated rings. The lowest BCUT2D eigenvalue weighted by molar-refractivity contribution is -0.142. The fourth-order valence-electron chi connectivity index (χ4n) is 1.12. The van der Waals surface area contributed by atoms with Gasteiger partial charge < -0.3 is 10.5 Å². The van der Waals surface area contributed by atoms with Gasteiger partial charge in [0.2, 0.25) is 0 Å². The van der Waals surface area contributed by atoms with Crippen molar-refractivity contribution >= 4 is 43.5 Å². The van der Waals surface area contributed by atoms with Gasteiger partial charge in [-0.3, -0.25) is 4.79 Å². The Labute approximate surface area is 109 Å². The summed E-state index contributed by atoms with van der Waals surface area (Å²) in [6.45, 7) is 2.00. The average molecular weight is 355 g/mol. The number of esters is 1. The van der Waals surface area contributed by atoms with Crippen molar-refractivity contribution in [3.63, 3.8) is 0 Å². The van der Waals surface area contributed by atoms with E-state index in [1.807, 2.05) is 0 Å². The summed E-state index contributed by atoms with van der Waals surface area (Å²) in [6, 6.07) is 2.69. The van der Waals surface area contributed by atoms with Gasteiger partial charge in [0.15, 0.2) is 0 Å². The summed E-state index contributed by atoms with van der Waals surface area (Å²) in [5.41, 5.74) is 6.02. The predicted molar refractivity (Wildman–Crippen MR) is 66.8 cm³/mol. The molecule has 0 aliphatic carbocycles. The van der Waals surface area contributed by atoms with Crippen molar-refractivity contribution in [2.75, 3.05) is 12.3 Å². The number of benzene rings is 1. The molecule has 0 amide bonds. The lowest BCUT2D eigenvalue weighted by Gasteiger charge is -2.12. The van der Waals surface area contributed by atoms with Crippen LogP contribution in [-0.2, 0) is 9.53 Å². The van der Waals surface area contributed by atoms with Crippen LogP contribution in [0, 0.1) is 5.82 Å². The summed E-state index contributed by atoms with van der Waals surface area (Å²) >= 11 is 6.33. The molecule has 0 saturated carbocycles. The molecule has 0 saturated heterocycles. The Kier molecular flexibility index (Phi) is 4.73. The van der Waals surface area contributed by atoms with Gasteiger partial charge >= 0.3 is 5.97 Å². The molecule has 16 heavy (non-hydrogen) atoms. The number of ether oxygens (including phenoxy) is 1. The molecule has 0 radical (unpaired) electrons. The maximum atomic E-state index is 13.1. The minimum absolute atomic E-state index is 0.0220. The van der Waals surface area contributed by atoms with E-state index in [0.717, 1.165) is 0 Å². The quantitative estimate of drug-likeness (QED) is 0.515. The average Bonchev–Trinajstić information content (AvgIpc) is 2.26. The molecule has 1 rings (SSSR count). The lowest BCUT2D eigenvalue weighted by atomic mass is 10.1. The van der Waals surface area contributed by atoms with E-state index in [1.54, 1.807) is 6.92 Å². The fourth-order valence-corrected chi connectivity index (χ4v) is 2.50. The first-order chi connectivity index (χ1) is 7.49. The smallest absolute Gasteiger partial charge is 0.324 e. The largest absolute Gasteiger partial charge is 0.465 e. The third kappa shape index (κ3) is 2.74. The monoisotopic (exact) mass is 353 g/mol. The first-order valence-electron chi connectivity index (χ1n) is 4.53. The summed E-state index contributed by atoms with van der Waals surface area (Å²) in [5, 5.41) is 0. The third-order valence-electron chi connectivity index (χ3n) is 1.92. The van der Waals surface area contributed by atoms with Crippen molar-refractivity contribution in [3.05, 3.63) is 28.0 Å². The van der Waals surface area contributed by atoms with E-state index in [9.17, 15) is 9.18 Å². The number of anilines is 1. The number of nitrogen functional groups attached to an aromatic ring is 1. The second-order valence-corrected chi connectivity index (χ2v) is 4.69. The van der Waals surface area contributed by atoms with Crippen LogP contribution in [0.3, 0.4) is 0 Å². The molecular weight excluding hydrogens is 345 g/mol. The molecule has 88 valence electrons. The first-order valence-corrected chi connectivity index (χ1v) is 6.24. The number of rotatable bonds is 3. The van der Waals surface area contributed by atoms with Gasteiger partial charge in [-0.15, -0.1) is 0 Å². The Hall–Kier alpha value is -0.620. The van der Waals surface area contributed by atoms with Crippen LogP contribution in [0.5, 0.6) is 0 Å². The van der Waals surface area contributed by atoms with Crippen LogP contribution in [0.1, 0.15) is 17.3 Å². The van der Waals surface area contributed by atoms with E-state index >= 15 is 0 Å². The second kappa shape index (κ2) is 5.63. The molecule has 0 bridgehead atoms. The maximum absolute atomic E-state index is 13.1. The number of nitrogens with two attached hydrogens (primary N) is 1. The van der Waals surface area contributed by atoms with E-state index in [-0.39, 0.29) is 12.3 Å². The summed E-state index contributed by atoms with van der Waals surface area (Å²) in [7, 11) is 0. The summed E-state index contributed by atoms with van der Waals surface area (Å²) in [6.07, 6.45) is 0. The third-order valence-corrected chi connectivity index (χ3v) is 3.68. The Morgan fingerprint density at radius 2 is 2.25 bits per heavy atom. The number of carbonyl (C=O) groups excluding carboxylic acids is 1. The normalized spacial score (nSPS) is 12.2. The Morgan fingerprint density at radius 3 is 2.81 bits per heavy atom. The number of carbonyl (C=O) groups is 1. The van der Waals surface area contributed by atoms with E-state index in [0.29, 0.717) is 10.0 Å². The van der Waals surface area contributed by atoms with Crippen molar-refractivity contribution in [2.45, 2.75) is 11.8 Å². The predicted octanol–water partition coefficient (Wildman–Crippen LogP) is 3.17. The summed E-state index contributed by atoms with van der Waals surface area (Å²) in [4.78, 5) is 10.8. The summed E-state index contributed by atoms with van der Waals surface area (Å²) < 4.78 is 18.3. The first kappa shape index (κ1) is 13.4. The molecule has 0 heterocycles. The van der Waals surface area contributed by atoms with Crippen LogP contribution in [0.4, 0.5) is 10.1 Å².